The first-order valence-corrected chi connectivity index (χ1v) is 8.08. The molecule has 0 fully saturated rings. The lowest BCUT2D eigenvalue weighted by molar-refractivity contribution is -0.174. The lowest BCUT2D eigenvalue weighted by Crippen LogP contribution is -2.47. The Morgan fingerprint density at radius 2 is 1.46 bits per heavy atom. The molecule has 0 aliphatic carbocycles. The van der Waals surface area contributed by atoms with E-state index >= 15 is 0 Å². The molecule has 2 aromatic carbocycles. The minimum atomic E-state index is -5.19. The third-order valence-electron chi connectivity index (χ3n) is 3.26. The average molecular weight is 470 g/mol. The van der Waals surface area contributed by atoms with Crippen LogP contribution in [0, 0.1) is 0 Å². The van der Waals surface area contributed by atoms with Gasteiger partial charge in [-0.25, -0.2) is 0 Å². The molecule has 0 aliphatic rings. The predicted octanol–water partition coefficient (Wildman–Crippen LogP) is 4.53. The fraction of sp³-hybridized carbons (Fsp3) is 0.125. The maximum Gasteiger partial charge on any atom is 0.472 e. The van der Waals surface area contributed by atoms with E-state index in [1.54, 1.807) is 5.43 Å². The molecule has 150 valence electrons. The normalized spacial score (nSPS) is 11.7. The van der Waals surface area contributed by atoms with Crippen molar-refractivity contribution < 1.29 is 35.9 Å². The largest absolute Gasteiger partial charge is 0.472 e. The number of alkyl halides is 6. The van der Waals surface area contributed by atoms with Gasteiger partial charge in [-0.15, -0.1) is 0 Å². The minimum Gasteiger partial charge on any atom is -0.355 e. The van der Waals surface area contributed by atoms with Crippen LogP contribution in [0.2, 0.25) is 0 Å². The van der Waals surface area contributed by atoms with E-state index in [-0.39, 0.29) is 16.9 Å². The summed E-state index contributed by atoms with van der Waals surface area (Å²) in [5.41, 5.74) is 2.08. The first-order chi connectivity index (χ1) is 12.9. The van der Waals surface area contributed by atoms with Crippen molar-refractivity contribution in [1.82, 2.24) is 10.9 Å². The van der Waals surface area contributed by atoms with Crippen LogP contribution < -0.4 is 16.2 Å². The summed E-state index contributed by atoms with van der Waals surface area (Å²) in [6.07, 6.45) is -9.70. The fourth-order valence-corrected chi connectivity index (χ4v) is 2.32. The Bertz CT molecular complexity index is 881. The number of carbonyl (C=O) groups excluding carboxylic acids is 2. The highest BCUT2D eigenvalue weighted by Gasteiger charge is 2.39. The van der Waals surface area contributed by atoms with Gasteiger partial charge in [-0.2, -0.15) is 26.3 Å². The van der Waals surface area contributed by atoms with E-state index in [0.29, 0.717) is 4.47 Å². The van der Waals surface area contributed by atoms with Gasteiger partial charge >= 0.3 is 18.3 Å². The summed E-state index contributed by atoms with van der Waals surface area (Å²) in [5, 5.41) is 2.69. The Morgan fingerprint density at radius 3 is 2.00 bits per heavy atom. The molecular formula is C16H10BrF6N3O2. The van der Waals surface area contributed by atoms with Gasteiger partial charge in [0.2, 0.25) is 0 Å². The maximum absolute atomic E-state index is 12.6. The Kier molecular flexibility index (Phi) is 6.22. The molecule has 0 aromatic heterocycles. The number of anilines is 2. The third kappa shape index (κ3) is 5.62. The maximum atomic E-state index is 12.6. The number of hydrogen-bond donors (Lipinski definition) is 3. The molecule has 2 rings (SSSR count). The van der Waals surface area contributed by atoms with E-state index in [4.69, 9.17) is 0 Å². The molecule has 2 amide bonds. The number of hydrazine groups is 1. The van der Waals surface area contributed by atoms with E-state index in [1.165, 1.54) is 23.6 Å². The monoisotopic (exact) mass is 469 g/mol. The van der Waals surface area contributed by atoms with Gasteiger partial charge in [0.1, 0.15) is 0 Å². The molecule has 0 bridgehead atoms. The van der Waals surface area contributed by atoms with Gasteiger partial charge in [-0.3, -0.25) is 20.4 Å². The van der Waals surface area contributed by atoms with Crippen molar-refractivity contribution in [2.75, 3.05) is 5.32 Å². The first kappa shape index (κ1) is 21.5. The molecule has 0 saturated carbocycles. The highest BCUT2D eigenvalue weighted by Crippen LogP contribution is 2.31. The summed E-state index contributed by atoms with van der Waals surface area (Å²) < 4.78 is 74.8. The molecule has 0 heterocycles. The lowest BCUT2D eigenvalue weighted by Gasteiger charge is -2.14. The van der Waals surface area contributed by atoms with Crippen LogP contribution in [0.5, 0.6) is 0 Å². The van der Waals surface area contributed by atoms with E-state index in [9.17, 15) is 35.9 Å². The second kappa shape index (κ2) is 8.09. The molecule has 5 nitrogen and oxygen atoms in total. The van der Waals surface area contributed by atoms with Crippen molar-refractivity contribution in [1.29, 1.82) is 0 Å². The highest BCUT2D eigenvalue weighted by atomic mass is 79.9. The third-order valence-corrected chi connectivity index (χ3v) is 3.76. The highest BCUT2D eigenvalue weighted by molar-refractivity contribution is 9.10. The second-order valence-electron chi connectivity index (χ2n) is 5.30. The van der Waals surface area contributed by atoms with E-state index in [1.807, 2.05) is 0 Å². The number of benzene rings is 2. The number of carbonyl (C=O) groups is 2. The molecule has 2 aromatic rings. The number of hydrogen-bond acceptors (Lipinski definition) is 3. The molecule has 3 N–H and O–H groups in total. The Balaban J connectivity index is 2.20. The Labute approximate surface area is 162 Å². The summed E-state index contributed by atoms with van der Waals surface area (Å²) >= 11 is 3.09. The Morgan fingerprint density at radius 1 is 0.857 bits per heavy atom. The summed E-state index contributed by atoms with van der Waals surface area (Å²) in [7, 11) is 0. The van der Waals surface area contributed by atoms with Crippen molar-refractivity contribution in [3.05, 3.63) is 58.1 Å². The van der Waals surface area contributed by atoms with E-state index < -0.39 is 29.7 Å². The lowest BCUT2D eigenvalue weighted by atomic mass is 10.1. The molecule has 12 heteroatoms. The zero-order chi connectivity index (χ0) is 21.1. The topological polar surface area (TPSA) is 70.2 Å². The van der Waals surface area contributed by atoms with E-state index in [0.717, 1.165) is 24.3 Å². The molecule has 0 aliphatic heterocycles. The van der Waals surface area contributed by atoms with Crippen LogP contribution in [0.4, 0.5) is 37.7 Å². The van der Waals surface area contributed by atoms with Gasteiger partial charge < -0.3 is 5.32 Å². The summed E-state index contributed by atoms with van der Waals surface area (Å²) in [6.45, 7) is 0. The van der Waals surface area contributed by atoms with Crippen molar-refractivity contribution in [3.63, 3.8) is 0 Å². The van der Waals surface area contributed by atoms with Crippen molar-refractivity contribution >= 4 is 39.1 Å². The molecular weight excluding hydrogens is 460 g/mol. The minimum absolute atomic E-state index is 0.0849. The standard InChI is InChI=1S/C16H10BrF6N3O2/c17-9-3-6-12(24-10-4-1-8(2-5-10)15(18,19)20)11(7-9)13(27)25-26-14(28)16(21,22)23/h1-7,24H,(H,25,27)(H,26,28). The van der Waals surface area contributed by atoms with Gasteiger partial charge in [0, 0.05) is 10.2 Å². The van der Waals surface area contributed by atoms with Gasteiger partial charge in [0.05, 0.1) is 16.8 Å². The van der Waals surface area contributed by atoms with Crippen molar-refractivity contribution in [2.45, 2.75) is 12.4 Å². The average Bonchev–Trinajstić information content (AvgIpc) is 2.59. The van der Waals surface area contributed by atoms with Crippen LogP contribution in [0.3, 0.4) is 0 Å². The van der Waals surface area contributed by atoms with Crippen LogP contribution in [-0.2, 0) is 11.0 Å². The number of amides is 2. The second-order valence-corrected chi connectivity index (χ2v) is 6.21. The molecule has 0 radical (unpaired) electrons. The summed E-state index contributed by atoms with van der Waals surface area (Å²) in [6, 6.07) is 8.02. The molecule has 0 saturated heterocycles. The number of rotatable bonds is 3. The summed E-state index contributed by atoms with van der Waals surface area (Å²) in [5.74, 6) is -3.44. The smallest absolute Gasteiger partial charge is 0.355 e. The van der Waals surface area contributed by atoms with Gasteiger partial charge in [-0.1, -0.05) is 15.9 Å². The quantitative estimate of drug-likeness (QED) is 0.456. The Hall–Kier alpha value is -2.76. The van der Waals surface area contributed by atoms with Crippen LogP contribution in [0.1, 0.15) is 15.9 Å². The zero-order valence-corrected chi connectivity index (χ0v) is 15.1. The van der Waals surface area contributed by atoms with Crippen LogP contribution in [0.25, 0.3) is 0 Å². The van der Waals surface area contributed by atoms with Crippen LogP contribution in [0.15, 0.2) is 46.9 Å². The first-order valence-electron chi connectivity index (χ1n) is 7.29. The van der Waals surface area contributed by atoms with E-state index in [2.05, 4.69) is 21.2 Å². The van der Waals surface area contributed by atoms with Crippen LogP contribution in [-0.4, -0.2) is 18.0 Å². The molecule has 0 spiro atoms. The van der Waals surface area contributed by atoms with Gasteiger partial charge in [-0.05, 0) is 42.5 Å². The number of halogens is 7. The molecule has 0 unspecified atom stereocenters. The molecule has 0 atom stereocenters. The number of nitrogens with one attached hydrogen (secondary N) is 3. The fourth-order valence-electron chi connectivity index (χ4n) is 1.96. The van der Waals surface area contributed by atoms with Crippen molar-refractivity contribution in [3.8, 4) is 0 Å². The SMILES string of the molecule is O=C(NNC(=O)C(F)(F)F)c1cc(Br)ccc1Nc1ccc(C(F)(F)F)cc1. The van der Waals surface area contributed by atoms with Gasteiger partial charge in [0.15, 0.2) is 0 Å². The summed E-state index contributed by atoms with van der Waals surface area (Å²) in [4.78, 5) is 22.9. The predicted molar refractivity (Wildman–Crippen MR) is 90.5 cm³/mol. The van der Waals surface area contributed by atoms with Crippen LogP contribution >= 0.6 is 15.9 Å². The van der Waals surface area contributed by atoms with Crippen molar-refractivity contribution in [2.24, 2.45) is 0 Å². The molecule has 28 heavy (non-hydrogen) atoms. The zero-order valence-electron chi connectivity index (χ0n) is 13.5. The van der Waals surface area contributed by atoms with Gasteiger partial charge in [0.25, 0.3) is 5.91 Å².